The molecule has 70 valence electrons. The van der Waals surface area contributed by atoms with Crippen molar-refractivity contribution in [1.82, 2.24) is 9.97 Å². The molecule has 0 fully saturated rings. The Bertz CT molecular complexity index is 330. The zero-order chi connectivity index (χ0) is 9.47. The summed E-state index contributed by atoms with van der Waals surface area (Å²) in [6.07, 6.45) is 2.99. The van der Waals surface area contributed by atoms with Crippen molar-refractivity contribution in [1.29, 1.82) is 0 Å². The molecule has 5 heteroatoms. The smallest absolute Gasteiger partial charge is 0.256 e. The van der Waals surface area contributed by atoms with Crippen molar-refractivity contribution in [2.24, 2.45) is 0 Å². The summed E-state index contributed by atoms with van der Waals surface area (Å²) in [7, 11) is 0. The molecule has 13 heavy (non-hydrogen) atoms. The van der Waals surface area contributed by atoms with Crippen LogP contribution in [-0.2, 0) is 5.92 Å². The Morgan fingerprint density at radius 2 is 2.08 bits per heavy atom. The first-order valence-electron chi connectivity index (χ1n) is 3.94. The minimum absolute atomic E-state index is 0.0872. The standard InChI is InChI=1S/C8H7BrF2N2/c9-5-1-2-8(10,11)7-6(5)12-3-4-13-7/h3-5H,1-2H2. The zero-order valence-corrected chi connectivity index (χ0v) is 8.26. The van der Waals surface area contributed by atoms with E-state index in [1.807, 2.05) is 0 Å². The second-order valence-corrected chi connectivity index (χ2v) is 4.11. The highest BCUT2D eigenvalue weighted by molar-refractivity contribution is 9.09. The maximum Gasteiger partial charge on any atom is 0.291 e. The Labute approximate surface area is 82.5 Å². The molecular weight excluding hydrogens is 242 g/mol. The van der Waals surface area contributed by atoms with E-state index in [1.54, 1.807) is 0 Å². The van der Waals surface area contributed by atoms with E-state index in [0.29, 0.717) is 12.1 Å². The van der Waals surface area contributed by atoms with Gasteiger partial charge in [0.15, 0.2) is 0 Å². The molecule has 0 saturated carbocycles. The monoisotopic (exact) mass is 248 g/mol. The summed E-state index contributed by atoms with van der Waals surface area (Å²) in [6.45, 7) is 0. The highest BCUT2D eigenvalue weighted by atomic mass is 79.9. The normalized spacial score (nSPS) is 25.3. The number of rotatable bonds is 0. The van der Waals surface area contributed by atoms with Gasteiger partial charge >= 0.3 is 0 Å². The quantitative estimate of drug-likeness (QED) is 0.660. The van der Waals surface area contributed by atoms with E-state index in [9.17, 15) is 8.78 Å². The van der Waals surface area contributed by atoms with Crippen LogP contribution in [0.5, 0.6) is 0 Å². The second kappa shape index (κ2) is 2.97. The van der Waals surface area contributed by atoms with Crippen LogP contribution in [0.15, 0.2) is 12.4 Å². The molecule has 0 spiro atoms. The summed E-state index contributed by atoms with van der Waals surface area (Å²) < 4.78 is 26.5. The Morgan fingerprint density at radius 1 is 1.38 bits per heavy atom. The van der Waals surface area contributed by atoms with Gasteiger partial charge in [-0.1, -0.05) is 15.9 Å². The average molecular weight is 249 g/mol. The third-order valence-electron chi connectivity index (χ3n) is 2.08. The lowest BCUT2D eigenvalue weighted by Gasteiger charge is -2.25. The zero-order valence-electron chi connectivity index (χ0n) is 6.67. The van der Waals surface area contributed by atoms with Gasteiger partial charge in [-0.15, -0.1) is 0 Å². The molecule has 1 aromatic rings. The van der Waals surface area contributed by atoms with Gasteiger partial charge in [0.2, 0.25) is 0 Å². The molecule has 0 bridgehead atoms. The van der Waals surface area contributed by atoms with Crippen LogP contribution in [0.2, 0.25) is 0 Å². The van der Waals surface area contributed by atoms with E-state index in [0.717, 1.165) is 0 Å². The molecule has 0 radical (unpaired) electrons. The van der Waals surface area contributed by atoms with Crippen molar-refractivity contribution < 1.29 is 8.78 Å². The number of nitrogens with zero attached hydrogens (tertiary/aromatic N) is 2. The van der Waals surface area contributed by atoms with Crippen LogP contribution in [0.3, 0.4) is 0 Å². The molecular formula is C8H7BrF2N2. The average Bonchev–Trinajstić information content (AvgIpc) is 2.13. The molecule has 0 N–H and O–H groups in total. The lowest BCUT2D eigenvalue weighted by molar-refractivity contribution is -0.0272. The van der Waals surface area contributed by atoms with Gasteiger partial charge in [-0.25, -0.2) is 0 Å². The number of alkyl halides is 3. The first-order valence-corrected chi connectivity index (χ1v) is 4.86. The van der Waals surface area contributed by atoms with E-state index in [1.165, 1.54) is 12.4 Å². The van der Waals surface area contributed by atoms with Gasteiger partial charge in [-0.3, -0.25) is 9.97 Å². The molecule has 0 amide bonds. The Balaban J connectivity index is 2.55. The Morgan fingerprint density at radius 3 is 2.77 bits per heavy atom. The Hall–Kier alpha value is -0.580. The van der Waals surface area contributed by atoms with Crippen molar-refractivity contribution in [2.45, 2.75) is 23.6 Å². The summed E-state index contributed by atoms with van der Waals surface area (Å²) in [5.41, 5.74) is 0.196. The van der Waals surface area contributed by atoms with Crippen molar-refractivity contribution in [3.63, 3.8) is 0 Å². The number of fused-ring (bicyclic) bond motifs is 1. The minimum Gasteiger partial charge on any atom is -0.256 e. The highest BCUT2D eigenvalue weighted by Crippen LogP contribution is 2.44. The first-order chi connectivity index (χ1) is 6.11. The summed E-state index contributed by atoms with van der Waals surface area (Å²) >= 11 is 3.30. The van der Waals surface area contributed by atoms with Gasteiger partial charge in [0.05, 0.1) is 10.5 Å². The molecule has 0 aliphatic heterocycles. The van der Waals surface area contributed by atoms with E-state index in [-0.39, 0.29) is 16.9 Å². The number of halogens is 3. The number of hydrogen-bond donors (Lipinski definition) is 0. The summed E-state index contributed by atoms with van der Waals surface area (Å²) in [4.78, 5) is 7.50. The highest BCUT2D eigenvalue weighted by Gasteiger charge is 2.41. The third-order valence-corrected chi connectivity index (χ3v) is 2.97. The molecule has 2 nitrogen and oxygen atoms in total. The van der Waals surface area contributed by atoms with Crippen LogP contribution in [0.1, 0.15) is 29.1 Å². The minimum atomic E-state index is -2.81. The van der Waals surface area contributed by atoms with Crippen molar-refractivity contribution in [3.8, 4) is 0 Å². The molecule has 0 saturated heterocycles. The Kier molecular flexibility index (Phi) is 2.06. The van der Waals surface area contributed by atoms with Crippen molar-refractivity contribution in [3.05, 3.63) is 23.8 Å². The number of aromatic nitrogens is 2. The molecule has 2 rings (SSSR count). The van der Waals surface area contributed by atoms with Gasteiger partial charge in [-0.05, 0) is 6.42 Å². The maximum atomic E-state index is 13.2. The largest absolute Gasteiger partial charge is 0.291 e. The van der Waals surface area contributed by atoms with Gasteiger partial charge in [0.1, 0.15) is 5.69 Å². The van der Waals surface area contributed by atoms with Gasteiger partial charge in [-0.2, -0.15) is 8.78 Å². The molecule has 1 atom stereocenters. The fourth-order valence-electron chi connectivity index (χ4n) is 1.42. The van der Waals surface area contributed by atoms with E-state index >= 15 is 0 Å². The molecule has 0 aromatic carbocycles. The predicted octanol–water partition coefficient (Wildman–Crippen LogP) is 2.80. The van der Waals surface area contributed by atoms with Crippen LogP contribution in [-0.4, -0.2) is 9.97 Å². The van der Waals surface area contributed by atoms with Crippen LogP contribution in [0.4, 0.5) is 8.78 Å². The predicted molar refractivity (Wildman–Crippen MR) is 46.8 cm³/mol. The number of hydrogen-bond acceptors (Lipinski definition) is 2. The molecule has 1 aromatic heterocycles. The van der Waals surface area contributed by atoms with E-state index in [4.69, 9.17) is 0 Å². The maximum absolute atomic E-state index is 13.2. The lowest BCUT2D eigenvalue weighted by atomic mass is 9.97. The van der Waals surface area contributed by atoms with Gasteiger partial charge in [0, 0.05) is 18.8 Å². The molecule has 1 aliphatic rings. The fraction of sp³-hybridized carbons (Fsp3) is 0.500. The molecule has 1 heterocycles. The second-order valence-electron chi connectivity index (χ2n) is 3.00. The third kappa shape index (κ3) is 1.45. The van der Waals surface area contributed by atoms with Gasteiger partial charge < -0.3 is 0 Å². The topological polar surface area (TPSA) is 25.8 Å². The summed E-state index contributed by atoms with van der Waals surface area (Å²) in [6, 6.07) is 0. The lowest BCUT2D eigenvalue weighted by Crippen LogP contribution is -2.24. The van der Waals surface area contributed by atoms with Crippen LogP contribution < -0.4 is 0 Å². The SMILES string of the molecule is FC1(F)CCC(Br)c2nccnc21. The van der Waals surface area contributed by atoms with Crippen molar-refractivity contribution in [2.75, 3.05) is 0 Å². The van der Waals surface area contributed by atoms with Crippen molar-refractivity contribution >= 4 is 15.9 Å². The van der Waals surface area contributed by atoms with Crippen LogP contribution >= 0.6 is 15.9 Å². The summed E-state index contributed by atoms with van der Waals surface area (Å²) in [5.74, 6) is -2.81. The summed E-state index contributed by atoms with van der Waals surface area (Å²) in [5, 5.41) is 0. The fourth-order valence-corrected chi connectivity index (χ4v) is 1.99. The van der Waals surface area contributed by atoms with Crippen LogP contribution in [0, 0.1) is 0 Å². The van der Waals surface area contributed by atoms with Gasteiger partial charge in [0.25, 0.3) is 5.92 Å². The molecule has 1 unspecified atom stereocenters. The molecule has 1 aliphatic carbocycles. The van der Waals surface area contributed by atoms with E-state index < -0.39 is 5.92 Å². The van der Waals surface area contributed by atoms with E-state index in [2.05, 4.69) is 25.9 Å². The van der Waals surface area contributed by atoms with Crippen LogP contribution in [0.25, 0.3) is 0 Å². The first kappa shape index (κ1) is 8.99.